The van der Waals surface area contributed by atoms with Crippen molar-refractivity contribution in [3.8, 4) is 0 Å². The normalized spacial score (nSPS) is 18.9. The van der Waals surface area contributed by atoms with Crippen LogP contribution >= 0.6 is 0 Å². The Bertz CT molecular complexity index is 449. The van der Waals surface area contributed by atoms with Crippen LogP contribution in [0.1, 0.15) is 19.3 Å². The number of aromatic nitrogens is 2. The maximum atomic E-state index is 11.0. The number of hydrazine groups is 1. The number of hydrogen-bond acceptors (Lipinski definition) is 8. The van der Waals surface area contributed by atoms with Gasteiger partial charge in [-0.15, -0.1) is 0 Å². The van der Waals surface area contributed by atoms with E-state index in [2.05, 4.69) is 20.7 Å². The van der Waals surface area contributed by atoms with Crippen molar-refractivity contribution in [2.24, 2.45) is 5.84 Å². The van der Waals surface area contributed by atoms with Crippen molar-refractivity contribution in [1.82, 2.24) is 9.97 Å². The minimum atomic E-state index is -0.570. The van der Waals surface area contributed by atoms with Crippen molar-refractivity contribution in [2.75, 3.05) is 23.9 Å². The van der Waals surface area contributed by atoms with Crippen LogP contribution < -0.4 is 16.6 Å². The van der Waals surface area contributed by atoms with Gasteiger partial charge in [0, 0.05) is 13.2 Å². The van der Waals surface area contributed by atoms with Crippen LogP contribution in [-0.4, -0.2) is 34.1 Å². The first-order valence-corrected chi connectivity index (χ1v) is 6.04. The van der Waals surface area contributed by atoms with Gasteiger partial charge in [0.1, 0.15) is 6.33 Å². The largest absolute Gasteiger partial charge is 0.376 e. The Morgan fingerprint density at radius 3 is 2.89 bits per heavy atom. The molecule has 19 heavy (non-hydrogen) atoms. The van der Waals surface area contributed by atoms with Gasteiger partial charge in [-0.05, 0) is 19.3 Å². The monoisotopic (exact) mass is 268 g/mol. The van der Waals surface area contributed by atoms with Crippen LogP contribution in [0.15, 0.2) is 6.33 Å². The van der Waals surface area contributed by atoms with Crippen LogP contribution in [0.5, 0.6) is 0 Å². The summed E-state index contributed by atoms with van der Waals surface area (Å²) in [5.74, 6) is 5.32. The number of rotatable bonds is 5. The molecule has 1 aromatic heterocycles. The third-order valence-corrected chi connectivity index (χ3v) is 2.91. The number of ether oxygens (including phenoxy) is 1. The minimum absolute atomic E-state index is 0.0212. The summed E-state index contributed by atoms with van der Waals surface area (Å²) in [6, 6.07) is 0. The van der Waals surface area contributed by atoms with Crippen molar-refractivity contribution < 1.29 is 9.66 Å². The molecule has 0 amide bonds. The number of anilines is 2. The van der Waals surface area contributed by atoms with Gasteiger partial charge in [0.05, 0.1) is 11.0 Å². The summed E-state index contributed by atoms with van der Waals surface area (Å²) in [7, 11) is 0. The molecule has 4 N–H and O–H groups in total. The lowest BCUT2D eigenvalue weighted by atomic mass is 10.1. The molecule has 1 aliphatic rings. The Morgan fingerprint density at radius 2 is 2.26 bits per heavy atom. The van der Waals surface area contributed by atoms with Gasteiger partial charge in [0.2, 0.25) is 11.6 Å². The number of nitrogens with two attached hydrogens (primary N) is 1. The summed E-state index contributed by atoms with van der Waals surface area (Å²) in [5, 5.41) is 13.9. The van der Waals surface area contributed by atoms with Gasteiger partial charge in [0.15, 0.2) is 0 Å². The molecular formula is C10H16N6O3. The smallest absolute Gasteiger partial charge is 0.354 e. The molecule has 0 aromatic carbocycles. The highest BCUT2D eigenvalue weighted by atomic mass is 16.6. The molecule has 9 nitrogen and oxygen atoms in total. The lowest BCUT2D eigenvalue weighted by molar-refractivity contribution is -0.383. The maximum Gasteiger partial charge on any atom is 0.354 e. The molecule has 1 aliphatic heterocycles. The minimum Gasteiger partial charge on any atom is -0.376 e. The van der Waals surface area contributed by atoms with Gasteiger partial charge in [-0.2, -0.15) is 0 Å². The van der Waals surface area contributed by atoms with E-state index < -0.39 is 4.92 Å². The second-order valence-corrected chi connectivity index (χ2v) is 4.19. The average molecular weight is 268 g/mol. The van der Waals surface area contributed by atoms with E-state index in [1.54, 1.807) is 0 Å². The van der Waals surface area contributed by atoms with E-state index in [-0.39, 0.29) is 23.4 Å². The Kier molecular flexibility index (Phi) is 4.42. The molecule has 0 aliphatic carbocycles. The second kappa shape index (κ2) is 6.25. The number of nitro groups is 1. The fourth-order valence-corrected chi connectivity index (χ4v) is 1.97. The van der Waals surface area contributed by atoms with Gasteiger partial charge in [-0.25, -0.2) is 15.8 Å². The predicted octanol–water partition coefficient (Wildman–Crippen LogP) is 0.651. The van der Waals surface area contributed by atoms with Gasteiger partial charge in [0.25, 0.3) is 0 Å². The maximum absolute atomic E-state index is 11.0. The van der Waals surface area contributed by atoms with Crippen LogP contribution in [0.4, 0.5) is 17.3 Å². The molecule has 0 bridgehead atoms. The fourth-order valence-electron chi connectivity index (χ4n) is 1.97. The van der Waals surface area contributed by atoms with Crippen molar-refractivity contribution in [1.29, 1.82) is 0 Å². The molecule has 2 heterocycles. The highest BCUT2D eigenvalue weighted by molar-refractivity contribution is 5.68. The first-order valence-electron chi connectivity index (χ1n) is 6.04. The third-order valence-electron chi connectivity index (χ3n) is 2.91. The predicted molar refractivity (Wildman–Crippen MR) is 68.6 cm³/mol. The Labute approximate surface area is 109 Å². The van der Waals surface area contributed by atoms with Crippen LogP contribution in [-0.2, 0) is 4.74 Å². The lowest BCUT2D eigenvalue weighted by Crippen LogP contribution is -2.27. The Balaban J connectivity index is 2.08. The highest BCUT2D eigenvalue weighted by Gasteiger charge is 2.23. The van der Waals surface area contributed by atoms with Crippen molar-refractivity contribution in [2.45, 2.75) is 25.4 Å². The van der Waals surface area contributed by atoms with Crippen LogP contribution in [0.3, 0.4) is 0 Å². The van der Waals surface area contributed by atoms with E-state index in [9.17, 15) is 10.1 Å². The van der Waals surface area contributed by atoms with Gasteiger partial charge < -0.3 is 15.5 Å². The van der Waals surface area contributed by atoms with Gasteiger partial charge in [-0.1, -0.05) is 0 Å². The Morgan fingerprint density at radius 1 is 1.47 bits per heavy atom. The van der Waals surface area contributed by atoms with E-state index in [1.165, 1.54) is 6.33 Å². The molecule has 0 spiro atoms. The van der Waals surface area contributed by atoms with Crippen molar-refractivity contribution >= 4 is 17.3 Å². The molecule has 1 aromatic rings. The molecule has 2 rings (SSSR count). The van der Waals surface area contributed by atoms with E-state index >= 15 is 0 Å². The second-order valence-electron chi connectivity index (χ2n) is 4.19. The molecule has 1 unspecified atom stereocenters. The fraction of sp³-hybridized carbons (Fsp3) is 0.600. The first kappa shape index (κ1) is 13.4. The van der Waals surface area contributed by atoms with Gasteiger partial charge in [-0.3, -0.25) is 10.1 Å². The molecule has 0 radical (unpaired) electrons. The SMILES string of the molecule is NNc1ncnc(NCC2CCCCO2)c1[N+](=O)[O-]. The molecule has 1 saturated heterocycles. The molecule has 104 valence electrons. The van der Waals surface area contributed by atoms with Gasteiger partial charge >= 0.3 is 5.69 Å². The van der Waals surface area contributed by atoms with E-state index in [0.717, 1.165) is 25.9 Å². The van der Waals surface area contributed by atoms with E-state index in [4.69, 9.17) is 10.6 Å². The summed E-state index contributed by atoms with van der Waals surface area (Å²) >= 11 is 0. The number of hydrogen-bond donors (Lipinski definition) is 3. The summed E-state index contributed by atoms with van der Waals surface area (Å²) < 4.78 is 5.54. The van der Waals surface area contributed by atoms with Crippen LogP contribution in [0, 0.1) is 10.1 Å². The molecule has 1 fully saturated rings. The summed E-state index contributed by atoms with van der Waals surface area (Å²) in [4.78, 5) is 18.0. The zero-order chi connectivity index (χ0) is 13.7. The average Bonchev–Trinajstić information content (AvgIpc) is 2.45. The zero-order valence-electron chi connectivity index (χ0n) is 10.3. The standard InChI is InChI=1S/C10H16N6O3/c11-15-10-8(16(17)18)9(13-6-14-10)12-5-7-3-1-2-4-19-7/h6-7H,1-5,11H2,(H2,12,13,14,15). The number of nitrogens with zero attached hydrogens (tertiary/aromatic N) is 3. The lowest BCUT2D eigenvalue weighted by Gasteiger charge is -2.22. The highest BCUT2D eigenvalue weighted by Crippen LogP contribution is 2.28. The van der Waals surface area contributed by atoms with Crippen LogP contribution in [0.25, 0.3) is 0 Å². The van der Waals surface area contributed by atoms with Crippen LogP contribution in [0.2, 0.25) is 0 Å². The molecular weight excluding hydrogens is 252 g/mol. The molecule has 0 saturated carbocycles. The number of nitrogen functional groups attached to an aromatic ring is 1. The number of nitrogens with one attached hydrogen (secondary N) is 2. The Hall–Kier alpha value is -2.00. The van der Waals surface area contributed by atoms with Crippen molar-refractivity contribution in [3.63, 3.8) is 0 Å². The quantitative estimate of drug-likeness (QED) is 0.403. The topological polar surface area (TPSA) is 128 Å². The van der Waals surface area contributed by atoms with E-state index in [1.807, 2.05) is 0 Å². The summed E-state index contributed by atoms with van der Waals surface area (Å²) in [6.07, 6.45) is 4.37. The molecule has 1 atom stereocenters. The summed E-state index contributed by atoms with van der Waals surface area (Å²) in [6.45, 7) is 1.20. The van der Waals surface area contributed by atoms with E-state index in [0.29, 0.717) is 6.54 Å². The molecule has 9 heteroatoms. The zero-order valence-corrected chi connectivity index (χ0v) is 10.3. The third kappa shape index (κ3) is 3.26. The first-order chi connectivity index (χ1) is 9.22. The van der Waals surface area contributed by atoms with Crippen molar-refractivity contribution in [3.05, 3.63) is 16.4 Å². The summed E-state index contributed by atoms with van der Waals surface area (Å²) in [5.41, 5.74) is 1.93.